The molecule has 0 amide bonds. The maximum atomic E-state index is 6.39. The molecule has 0 heterocycles. The summed E-state index contributed by atoms with van der Waals surface area (Å²) >= 11 is 6.01. The highest BCUT2D eigenvalue weighted by Gasteiger charge is 2.37. The Kier molecular flexibility index (Phi) is 6.19. The largest absolute Gasteiger partial charge is 0.483 e. The number of benzene rings is 2. The van der Waals surface area contributed by atoms with Crippen LogP contribution in [0.1, 0.15) is 32.4 Å². The topological polar surface area (TPSA) is 44.5 Å². The van der Waals surface area contributed by atoms with Crippen molar-refractivity contribution in [2.45, 2.75) is 45.0 Å². The van der Waals surface area contributed by atoms with E-state index in [2.05, 4.69) is 46.0 Å². The Labute approximate surface area is 157 Å². The van der Waals surface area contributed by atoms with E-state index < -0.39 is 8.32 Å². The Morgan fingerprint density at radius 2 is 1.72 bits per heavy atom. The van der Waals surface area contributed by atoms with Gasteiger partial charge in [-0.05, 0) is 35.8 Å². The van der Waals surface area contributed by atoms with Gasteiger partial charge in [0.1, 0.15) is 11.9 Å². The molecule has 3 nitrogen and oxygen atoms in total. The van der Waals surface area contributed by atoms with Crippen LogP contribution in [-0.2, 0) is 4.43 Å². The molecule has 2 rings (SSSR count). The van der Waals surface area contributed by atoms with Crippen molar-refractivity contribution < 1.29 is 9.16 Å². The quantitative estimate of drug-likeness (QED) is 0.491. The monoisotopic (exact) mass is 377 g/mol. The highest BCUT2D eigenvalue weighted by Crippen LogP contribution is 2.37. The first kappa shape index (κ1) is 19.8. The van der Waals surface area contributed by atoms with Crippen molar-refractivity contribution in [3.8, 4) is 5.75 Å². The van der Waals surface area contributed by atoms with Gasteiger partial charge in [0.05, 0.1) is 17.3 Å². The Balaban J connectivity index is 2.21. The second kappa shape index (κ2) is 7.81. The van der Waals surface area contributed by atoms with E-state index in [1.165, 1.54) is 0 Å². The van der Waals surface area contributed by atoms with Crippen molar-refractivity contribution in [2.75, 3.05) is 12.3 Å². The molecule has 0 bridgehead atoms. The predicted octanol–water partition coefficient (Wildman–Crippen LogP) is 6.06. The third-order valence-corrected chi connectivity index (χ3v) is 9.66. The van der Waals surface area contributed by atoms with Crippen molar-refractivity contribution in [1.82, 2.24) is 0 Å². The average Bonchev–Trinajstić information content (AvgIpc) is 2.54. The van der Waals surface area contributed by atoms with Crippen LogP contribution in [0.25, 0.3) is 0 Å². The highest BCUT2D eigenvalue weighted by atomic mass is 35.5. The van der Waals surface area contributed by atoms with E-state index in [1.807, 2.05) is 24.3 Å². The summed E-state index contributed by atoms with van der Waals surface area (Å²) < 4.78 is 12.6. The summed E-state index contributed by atoms with van der Waals surface area (Å²) in [5.74, 6) is 0.689. The molecule has 0 aliphatic heterocycles. The summed E-state index contributed by atoms with van der Waals surface area (Å²) in [6, 6.07) is 15.5. The average molecular weight is 378 g/mol. The number of hydrogen-bond acceptors (Lipinski definition) is 3. The SMILES string of the molecule is CC(C)(C)[Si](C)(C)OCC(Oc1ccc(Cl)c(N)c1)c1ccccc1. The Hall–Kier alpha value is -1.49. The maximum Gasteiger partial charge on any atom is 0.192 e. The molecular weight excluding hydrogens is 350 g/mol. The fourth-order valence-electron chi connectivity index (χ4n) is 2.13. The standard InChI is InChI=1S/C20H28ClNO2Si/c1-20(2,3)25(4,5)23-14-19(15-9-7-6-8-10-15)24-16-11-12-17(21)18(22)13-16/h6-13,19H,14,22H2,1-5H3. The molecular formula is C20H28ClNO2Si. The fourth-order valence-corrected chi connectivity index (χ4v) is 3.24. The van der Waals surface area contributed by atoms with Gasteiger partial charge in [-0.25, -0.2) is 0 Å². The third kappa shape index (κ3) is 5.24. The summed E-state index contributed by atoms with van der Waals surface area (Å²) in [7, 11) is -1.86. The highest BCUT2D eigenvalue weighted by molar-refractivity contribution is 6.74. The molecule has 1 unspecified atom stereocenters. The van der Waals surface area contributed by atoms with Crippen LogP contribution >= 0.6 is 11.6 Å². The summed E-state index contributed by atoms with van der Waals surface area (Å²) in [5, 5.41) is 0.681. The Bertz CT molecular complexity index is 699. The van der Waals surface area contributed by atoms with Crippen molar-refractivity contribution in [2.24, 2.45) is 0 Å². The fraction of sp³-hybridized carbons (Fsp3) is 0.400. The Morgan fingerprint density at radius 3 is 2.28 bits per heavy atom. The normalized spacial score (nSPS) is 13.5. The number of halogens is 1. The summed E-state index contributed by atoms with van der Waals surface area (Å²) in [4.78, 5) is 0. The first-order chi connectivity index (χ1) is 11.6. The van der Waals surface area contributed by atoms with Crippen molar-refractivity contribution >= 4 is 25.6 Å². The minimum atomic E-state index is -1.86. The molecule has 0 radical (unpaired) electrons. The van der Waals surface area contributed by atoms with E-state index in [-0.39, 0.29) is 11.1 Å². The first-order valence-electron chi connectivity index (χ1n) is 8.51. The van der Waals surface area contributed by atoms with Gasteiger partial charge in [-0.15, -0.1) is 0 Å². The van der Waals surface area contributed by atoms with Crippen molar-refractivity contribution in [3.63, 3.8) is 0 Å². The van der Waals surface area contributed by atoms with Gasteiger partial charge in [-0.1, -0.05) is 62.7 Å². The molecule has 0 aromatic heterocycles. The smallest absolute Gasteiger partial charge is 0.192 e. The molecule has 5 heteroatoms. The van der Waals surface area contributed by atoms with Crippen LogP contribution < -0.4 is 10.5 Å². The molecule has 0 fully saturated rings. The zero-order valence-corrected chi connectivity index (χ0v) is 17.4. The van der Waals surface area contributed by atoms with Crippen LogP contribution in [0.5, 0.6) is 5.75 Å². The molecule has 136 valence electrons. The second-order valence-electron chi connectivity index (χ2n) is 7.77. The third-order valence-electron chi connectivity index (χ3n) is 4.82. The zero-order valence-electron chi connectivity index (χ0n) is 15.7. The minimum Gasteiger partial charge on any atom is -0.483 e. The molecule has 2 aromatic carbocycles. The zero-order chi connectivity index (χ0) is 18.7. The minimum absolute atomic E-state index is 0.152. The van der Waals surface area contributed by atoms with E-state index >= 15 is 0 Å². The molecule has 0 spiro atoms. The van der Waals surface area contributed by atoms with Gasteiger partial charge in [-0.3, -0.25) is 0 Å². The van der Waals surface area contributed by atoms with E-state index in [0.717, 1.165) is 5.56 Å². The van der Waals surface area contributed by atoms with Crippen LogP contribution in [0, 0.1) is 0 Å². The first-order valence-corrected chi connectivity index (χ1v) is 11.8. The number of nitrogens with two attached hydrogens (primary N) is 1. The summed E-state index contributed by atoms with van der Waals surface area (Å²) in [6.45, 7) is 11.7. The second-order valence-corrected chi connectivity index (χ2v) is 13.0. The van der Waals surface area contributed by atoms with Crippen molar-refractivity contribution in [3.05, 3.63) is 59.1 Å². The number of hydrogen-bond donors (Lipinski definition) is 1. The van der Waals surface area contributed by atoms with Gasteiger partial charge in [0, 0.05) is 6.07 Å². The van der Waals surface area contributed by atoms with E-state index in [9.17, 15) is 0 Å². The van der Waals surface area contributed by atoms with Crippen LogP contribution in [0.2, 0.25) is 23.2 Å². The van der Waals surface area contributed by atoms with Crippen LogP contribution in [0.15, 0.2) is 48.5 Å². The van der Waals surface area contributed by atoms with Gasteiger partial charge in [-0.2, -0.15) is 0 Å². The lowest BCUT2D eigenvalue weighted by Gasteiger charge is -2.37. The van der Waals surface area contributed by atoms with Crippen LogP contribution in [-0.4, -0.2) is 14.9 Å². The molecule has 2 N–H and O–H groups in total. The lowest BCUT2D eigenvalue weighted by Crippen LogP contribution is -2.42. The van der Waals surface area contributed by atoms with Crippen LogP contribution in [0.4, 0.5) is 5.69 Å². The lowest BCUT2D eigenvalue weighted by atomic mass is 10.1. The van der Waals surface area contributed by atoms with Crippen molar-refractivity contribution in [1.29, 1.82) is 0 Å². The van der Waals surface area contributed by atoms with Gasteiger partial charge < -0.3 is 14.9 Å². The van der Waals surface area contributed by atoms with Crippen LogP contribution in [0.3, 0.4) is 0 Å². The molecule has 0 saturated carbocycles. The molecule has 25 heavy (non-hydrogen) atoms. The van der Waals surface area contributed by atoms with E-state index in [4.69, 9.17) is 26.5 Å². The van der Waals surface area contributed by atoms with E-state index in [1.54, 1.807) is 12.1 Å². The molecule has 1 atom stereocenters. The maximum absolute atomic E-state index is 6.39. The lowest BCUT2D eigenvalue weighted by molar-refractivity contribution is 0.121. The molecule has 2 aromatic rings. The van der Waals surface area contributed by atoms with Gasteiger partial charge in [0.15, 0.2) is 8.32 Å². The summed E-state index contributed by atoms with van der Waals surface area (Å²) in [6.07, 6.45) is -0.198. The molecule has 0 aliphatic carbocycles. The van der Waals surface area contributed by atoms with E-state index in [0.29, 0.717) is 23.1 Å². The number of ether oxygens (including phenoxy) is 1. The number of rotatable bonds is 6. The molecule has 0 saturated heterocycles. The van der Waals surface area contributed by atoms with Gasteiger partial charge in [0.25, 0.3) is 0 Å². The molecule has 0 aliphatic rings. The number of anilines is 1. The number of nitrogen functional groups attached to an aromatic ring is 1. The Morgan fingerprint density at radius 1 is 1.08 bits per heavy atom. The predicted molar refractivity (Wildman–Crippen MR) is 109 cm³/mol. The van der Waals surface area contributed by atoms with Gasteiger partial charge >= 0.3 is 0 Å². The summed E-state index contributed by atoms with van der Waals surface area (Å²) in [5.41, 5.74) is 7.49. The van der Waals surface area contributed by atoms with Gasteiger partial charge in [0.2, 0.25) is 0 Å².